The summed E-state index contributed by atoms with van der Waals surface area (Å²) in [4.78, 5) is 10.7. The molecule has 0 saturated carbocycles. The lowest BCUT2D eigenvalue weighted by atomic mass is 9.85. The molecule has 1 atom stereocenters. The van der Waals surface area contributed by atoms with Crippen molar-refractivity contribution in [2.45, 2.75) is 18.9 Å². The molecule has 5 nitrogen and oxygen atoms in total. The molecule has 0 bridgehead atoms. The number of carboxylic acid groups (broad SMARTS) is 1. The first-order valence-corrected chi connectivity index (χ1v) is 6.94. The Morgan fingerprint density at radius 2 is 2.00 bits per heavy atom. The number of benzene rings is 2. The van der Waals surface area contributed by atoms with E-state index < -0.39 is 5.97 Å². The van der Waals surface area contributed by atoms with E-state index in [4.69, 9.17) is 14.5 Å². The Labute approximate surface area is 128 Å². The normalized spacial score (nSPS) is 15.9. The highest BCUT2D eigenvalue weighted by atomic mass is 16.5. The summed E-state index contributed by atoms with van der Waals surface area (Å²) < 4.78 is 11.1. The lowest BCUT2D eigenvalue weighted by Gasteiger charge is -2.13. The predicted molar refractivity (Wildman–Crippen MR) is 80.7 cm³/mol. The number of fused-ring (bicyclic) bond motifs is 1. The van der Waals surface area contributed by atoms with Crippen LogP contribution >= 0.6 is 0 Å². The quantitative estimate of drug-likeness (QED) is 0.829. The van der Waals surface area contributed by atoms with Crippen LogP contribution in [0.3, 0.4) is 0 Å². The van der Waals surface area contributed by atoms with E-state index in [1.807, 2.05) is 18.2 Å². The zero-order valence-electron chi connectivity index (χ0n) is 11.7. The first-order chi connectivity index (χ1) is 10.6. The molecule has 0 aromatic heterocycles. The highest BCUT2D eigenvalue weighted by Gasteiger charge is 2.29. The minimum absolute atomic E-state index is 0.000761. The molecule has 0 saturated heterocycles. The maximum Gasteiger partial charge on any atom is 0.335 e. The first kappa shape index (κ1) is 14.5. The molecule has 2 N–H and O–H groups in total. The predicted octanol–water partition coefficient (Wildman–Crippen LogP) is 2.37. The van der Waals surface area contributed by atoms with Gasteiger partial charge in [-0.15, -0.1) is 0 Å². The van der Waals surface area contributed by atoms with E-state index in [2.05, 4.69) is 0 Å². The van der Waals surface area contributed by atoms with E-state index in [-0.39, 0.29) is 18.3 Å². The zero-order valence-corrected chi connectivity index (χ0v) is 11.7. The van der Waals surface area contributed by atoms with Crippen LogP contribution in [0.5, 0.6) is 17.2 Å². The van der Waals surface area contributed by atoms with Gasteiger partial charge in [-0.1, -0.05) is 24.3 Å². The fourth-order valence-electron chi connectivity index (χ4n) is 2.41. The summed E-state index contributed by atoms with van der Waals surface area (Å²) in [5.74, 6) is 0.0901. The maximum absolute atomic E-state index is 10.7. The van der Waals surface area contributed by atoms with Gasteiger partial charge < -0.3 is 19.6 Å². The largest absolute Gasteiger partial charge is 0.505 e. The number of hydrogen-bond donors (Lipinski definition) is 2. The average molecular weight is 297 g/mol. The van der Waals surface area contributed by atoms with Crippen molar-refractivity contribution in [2.75, 3.05) is 0 Å². The van der Waals surface area contributed by atoms with Crippen molar-refractivity contribution < 1.29 is 24.4 Å². The molecule has 2 aromatic rings. The molecule has 111 valence electrons. The standard InChI is InChI=1S/C16H14BO5/c18-14(19)9-8-12-11-6-7-13(16(20)15(11)17-22-12)21-10-4-2-1-3-5-10/h1-7,12,20H,8-9H2,(H,18,19). The van der Waals surface area contributed by atoms with E-state index in [0.717, 1.165) is 5.56 Å². The van der Waals surface area contributed by atoms with Crippen molar-refractivity contribution in [3.8, 4) is 17.2 Å². The van der Waals surface area contributed by atoms with Crippen LogP contribution in [-0.4, -0.2) is 23.7 Å². The van der Waals surface area contributed by atoms with Gasteiger partial charge in [0.15, 0.2) is 11.5 Å². The molecule has 1 aliphatic rings. The Bertz CT molecular complexity index is 686. The molecular formula is C16H14BO5. The van der Waals surface area contributed by atoms with Crippen LogP contribution in [-0.2, 0) is 9.45 Å². The van der Waals surface area contributed by atoms with Crippen LogP contribution in [0, 0.1) is 0 Å². The molecule has 0 amide bonds. The highest BCUT2D eigenvalue weighted by Crippen LogP contribution is 2.35. The molecule has 0 spiro atoms. The van der Waals surface area contributed by atoms with Gasteiger partial charge in [0.25, 0.3) is 0 Å². The number of phenols is 1. The summed E-state index contributed by atoms with van der Waals surface area (Å²) in [5, 5.41) is 19.1. The first-order valence-electron chi connectivity index (χ1n) is 6.94. The molecule has 1 radical (unpaired) electrons. The molecule has 1 aliphatic heterocycles. The van der Waals surface area contributed by atoms with Crippen molar-refractivity contribution >= 4 is 18.9 Å². The number of hydrogen-bond acceptors (Lipinski definition) is 4. The van der Waals surface area contributed by atoms with Crippen molar-refractivity contribution in [3.63, 3.8) is 0 Å². The van der Waals surface area contributed by atoms with E-state index in [0.29, 0.717) is 23.4 Å². The van der Waals surface area contributed by atoms with Gasteiger partial charge in [-0.3, -0.25) is 4.79 Å². The lowest BCUT2D eigenvalue weighted by Crippen LogP contribution is -2.12. The van der Waals surface area contributed by atoms with E-state index >= 15 is 0 Å². The summed E-state index contributed by atoms with van der Waals surface area (Å²) in [6.07, 6.45) is 0.0285. The molecule has 22 heavy (non-hydrogen) atoms. The minimum atomic E-state index is -0.870. The number of aliphatic carboxylic acids is 1. The van der Waals surface area contributed by atoms with Gasteiger partial charge in [0, 0.05) is 6.42 Å². The summed E-state index contributed by atoms with van der Waals surface area (Å²) in [5.41, 5.74) is 1.32. The van der Waals surface area contributed by atoms with Gasteiger partial charge >= 0.3 is 13.5 Å². The summed E-state index contributed by atoms with van der Waals surface area (Å²) >= 11 is 0. The van der Waals surface area contributed by atoms with Gasteiger partial charge in [-0.2, -0.15) is 0 Å². The molecule has 1 heterocycles. The smallest absolute Gasteiger partial charge is 0.335 e. The SMILES string of the molecule is O=C(O)CCC1O[B]c2c1ccc(Oc1ccccc1)c2O. The molecule has 3 rings (SSSR count). The summed E-state index contributed by atoms with van der Waals surface area (Å²) in [7, 11) is 1.45. The van der Waals surface area contributed by atoms with E-state index in [9.17, 15) is 9.90 Å². The molecular weight excluding hydrogens is 283 g/mol. The van der Waals surface area contributed by atoms with Crippen LogP contribution in [0.4, 0.5) is 0 Å². The van der Waals surface area contributed by atoms with Crippen LogP contribution in [0.15, 0.2) is 42.5 Å². The number of ether oxygens (including phenoxy) is 1. The number of aromatic hydroxyl groups is 1. The Kier molecular flexibility index (Phi) is 4.02. The number of carbonyl (C=O) groups is 1. The van der Waals surface area contributed by atoms with Gasteiger partial charge in [-0.05, 0) is 35.6 Å². The number of phenolic OH excluding ortho intramolecular Hbond substituents is 1. The highest BCUT2D eigenvalue weighted by molar-refractivity contribution is 6.50. The van der Waals surface area contributed by atoms with Crippen LogP contribution < -0.4 is 10.2 Å². The molecule has 1 unspecified atom stereocenters. The van der Waals surface area contributed by atoms with Gasteiger partial charge in [0.1, 0.15) is 5.75 Å². The number of carboxylic acids is 1. The fraction of sp³-hybridized carbons (Fsp3) is 0.188. The Balaban J connectivity index is 1.81. The van der Waals surface area contributed by atoms with Crippen molar-refractivity contribution in [3.05, 3.63) is 48.0 Å². The van der Waals surface area contributed by atoms with Crippen LogP contribution in [0.2, 0.25) is 0 Å². The topological polar surface area (TPSA) is 76.0 Å². The third-order valence-electron chi connectivity index (χ3n) is 3.50. The summed E-state index contributed by atoms with van der Waals surface area (Å²) in [6.45, 7) is 0. The fourth-order valence-corrected chi connectivity index (χ4v) is 2.41. The Hall–Kier alpha value is -2.47. The van der Waals surface area contributed by atoms with Gasteiger partial charge in [0.2, 0.25) is 0 Å². The monoisotopic (exact) mass is 297 g/mol. The van der Waals surface area contributed by atoms with Crippen molar-refractivity contribution in [1.29, 1.82) is 0 Å². The van der Waals surface area contributed by atoms with Crippen molar-refractivity contribution in [1.82, 2.24) is 0 Å². The second-order valence-corrected chi connectivity index (χ2v) is 5.01. The van der Waals surface area contributed by atoms with Gasteiger partial charge in [0.05, 0.1) is 6.10 Å². The van der Waals surface area contributed by atoms with Crippen molar-refractivity contribution in [2.24, 2.45) is 0 Å². The number of rotatable bonds is 5. The van der Waals surface area contributed by atoms with Crippen LogP contribution in [0.1, 0.15) is 24.5 Å². The Morgan fingerprint density at radius 3 is 2.73 bits per heavy atom. The molecule has 2 aromatic carbocycles. The average Bonchev–Trinajstić information content (AvgIpc) is 2.93. The minimum Gasteiger partial charge on any atom is -0.505 e. The number of para-hydroxylation sites is 1. The maximum atomic E-state index is 10.7. The summed E-state index contributed by atoms with van der Waals surface area (Å²) in [6, 6.07) is 12.6. The Morgan fingerprint density at radius 1 is 1.23 bits per heavy atom. The van der Waals surface area contributed by atoms with Gasteiger partial charge in [-0.25, -0.2) is 0 Å². The van der Waals surface area contributed by atoms with Crippen LogP contribution in [0.25, 0.3) is 0 Å². The third-order valence-corrected chi connectivity index (χ3v) is 3.50. The third kappa shape index (κ3) is 2.92. The van der Waals surface area contributed by atoms with E-state index in [1.54, 1.807) is 24.3 Å². The molecule has 0 fully saturated rings. The molecule has 0 aliphatic carbocycles. The molecule has 6 heteroatoms. The second kappa shape index (κ2) is 6.11. The zero-order chi connectivity index (χ0) is 15.5. The second-order valence-electron chi connectivity index (χ2n) is 5.01. The lowest BCUT2D eigenvalue weighted by molar-refractivity contribution is -0.137. The van der Waals surface area contributed by atoms with E-state index in [1.165, 1.54) is 7.48 Å².